The van der Waals surface area contributed by atoms with Crippen LogP contribution in [0.3, 0.4) is 0 Å². The van der Waals surface area contributed by atoms with Gasteiger partial charge in [0.1, 0.15) is 0 Å². The number of amides is 1. The molecule has 0 heterocycles. The zero-order chi connectivity index (χ0) is 13.8. The lowest BCUT2D eigenvalue weighted by Gasteiger charge is -2.33. The van der Waals surface area contributed by atoms with Crippen LogP contribution in [0.5, 0.6) is 0 Å². The second-order valence-electron chi connectivity index (χ2n) is 5.70. The molecule has 1 aliphatic rings. The molecule has 0 saturated heterocycles. The van der Waals surface area contributed by atoms with Crippen LogP contribution >= 0.6 is 0 Å². The lowest BCUT2D eigenvalue weighted by Crippen LogP contribution is -2.42. The highest BCUT2D eigenvalue weighted by molar-refractivity contribution is 5.94. The Morgan fingerprint density at radius 3 is 2.47 bits per heavy atom. The predicted octanol–water partition coefficient (Wildman–Crippen LogP) is 2.53. The van der Waals surface area contributed by atoms with Gasteiger partial charge in [-0.2, -0.15) is 0 Å². The molecular weight excluding hydrogens is 238 g/mol. The van der Waals surface area contributed by atoms with E-state index in [9.17, 15) is 4.79 Å². The average molecular weight is 261 g/mol. The lowest BCUT2D eigenvalue weighted by atomic mass is 9.80. The lowest BCUT2D eigenvalue weighted by molar-refractivity contribution is 0.0899. The van der Waals surface area contributed by atoms with Crippen molar-refractivity contribution in [1.82, 2.24) is 5.32 Å². The van der Waals surface area contributed by atoms with Crippen LogP contribution < -0.4 is 16.6 Å². The monoisotopic (exact) mass is 261 g/mol. The molecule has 19 heavy (non-hydrogen) atoms. The van der Waals surface area contributed by atoms with Gasteiger partial charge in [0.25, 0.3) is 5.91 Å². The number of nitrogens with one attached hydrogen (secondary N) is 2. The van der Waals surface area contributed by atoms with E-state index in [0.29, 0.717) is 17.5 Å². The van der Waals surface area contributed by atoms with Crippen molar-refractivity contribution in [2.24, 2.45) is 17.7 Å². The van der Waals surface area contributed by atoms with Gasteiger partial charge in [-0.15, -0.1) is 0 Å². The summed E-state index contributed by atoms with van der Waals surface area (Å²) < 4.78 is 0. The van der Waals surface area contributed by atoms with Gasteiger partial charge in [-0.05, 0) is 55.4 Å². The third-order valence-electron chi connectivity index (χ3n) is 4.06. The van der Waals surface area contributed by atoms with Crippen LogP contribution in [0, 0.1) is 11.8 Å². The van der Waals surface area contributed by atoms with E-state index in [1.54, 1.807) is 24.3 Å². The Morgan fingerprint density at radius 1 is 1.21 bits per heavy atom. The zero-order valence-corrected chi connectivity index (χ0v) is 11.6. The Morgan fingerprint density at radius 2 is 1.89 bits per heavy atom. The molecule has 4 heteroatoms. The summed E-state index contributed by atoms with van der Waals surface area (Å²) in [6.45, 7) is 4.51. The van der Waals surface area contributed by atoms with Crippen molar-refractivity contribution in [3.63, 3.8) is 0 Å². The normalized spacial score (nSPS) is 26.8. The van der Waals surface area contributed by atoms with Gasteiger partial charge < -0.3 is 10.7 Å². The van der Waals surface area contributed by atoms with Crippen LogP contribution in [-0.2, 0) is 0 Å². The molecule has 0 spiro atoms. The number of carbonyl (C=O) groups is 1. The van der Waals surface area contributed by atoms with Gasteiger partial charge in [-0.3, -0.25) is 10.6 Å². The number of benzene rings is 1. The number of carbonyl (C=O) groups excluding carboxylic acids is 1. The molecule has 4 N–H and O–H groups in total. The SMILES string of the molecule is CC1CCC(NC(=O)c2ccc(NN)cc2)C(C)C1. The van der Waals surface area contributed by atoms with Gasteiger partial charge in [0.2, 0.25) is 0 Å². The Hall–Kier alpha value is -1.55. The summed E-state index contributed by atoms with van der Waals surface area (Å²) in [5.74, 6) is 6.64. The first-order valence-electron chi connectivity index (χ1n) is 6.97. The molecule has 0 radical (unpaired) electrons. The average Bonchev–Trinajstić information content (AvgIpc) is 2.42. The molecule has 1 amide bonds. The number of hydrazine groups is 1. The maximum absolute atomic E-state index is 12.2. The summed E-state index contributed by atoms with van der Waals surface area (Å²) >= 11 is 0. The van der Waals surface area contributed by atoms with E-state index in [-0.39, 0.29) is 5.91 Å². The molecule has 0 aliphatic heterocycles. The van der Waals surface area contributed by atoms with E-state index in [1.165, 1.54) is 12.8 Å². The molecule has 1 aliphatic carbocycles. The molecule has 0 bridgehead atoms. The zero-order valence-electron chi connectivity index (χ0n) is 11.6. The van der Waals surface area contributed by atoms with Crippen LogP contribution in [-0.4, -0.2) is 11.9 Å². The molecule has 1 fully saturated rings. The first kappa shape index (κ1) is 13.9. The molecular formula is C15H23N3O. The fraction of sp³-hybridized carbons (Fsp3) is 0.533. The van der Waals surface area contributed by atoms with E-state index in [0.717, 1.165) is 18.0 Å². The second-order valence-corrected chi connectivity index (χ2v) is 5.70. The highest BCUT2D eigenvalue weighted by atomic mass is 16.1. The number of hydrogen-bond donors (Lipinski definition) is 3. The quantitative estimate of drug-likeness (QED) is 0.578. The van der Waals surface area contributed by atoms with Crippen LogP contribution in [0.2, 0.25) is 0 Å². The first-order chi connectivity index (χ1) is 9.10. The van der Waals surface area contributed by atoms with Gasteiger partial charge >= 0.3 is 0 Å². The molecule has 4 nitrogen and oxygen atoms in total. The summed E-state index contributed by atoms with van der Waals surface area (Å²) in [5, 5.41) is 3.15. The minimum Gasteiger partial charge on any atom is -0.349 e. The molecule has 3 unspecified atom stereocenters. The number of hydrogen-bond acceptors (Lipinski definition) is 3. The third kappa shape index (κ3) is 3.47. The number of rotatable bonds is 3. The van der Waals surface area contributed by atoms with E-state index >= 15 is 0 Å². The van der Waals surface area contributed by atoms with Gasteiger partial charge in [0.05, 0.1) is 0 Å². The predicted molar refractivity (Wildman–Crippen MR) is 77.7 cm³/mol. The largest absolute Gasteiger partial charge is 0.349 e. The maximum atomic E-state index is 12.2. The topological polar surface area (TPSA) is 67.2 Å². The highest BCUT2D eigenvalue weighted by Gasteiger charge is 2.26. The maximum Gasteiger partial charge on any atom is 0.251 e. The minimum absolute atomic E-state index is 0.00924. The molecule has 1 saturated carbocycles. The fourth-order valence-electron chi connectivity index (χ4n) is 2.85. The number of nitrogens with two attached hydrogens (primary N) is 1. The summed E-state index contributed by atoms with van der Waals surface area (Å²) in [6, 6.07) is 7.50. The summed E-state index contributed by atoms with van der Waals surface area (Å²) in [7, 11) is 0. The van der Waals surface area contributed by atoms with E-state index < -0.39 is 0 Å². The Labute approximate surface area is 114 Å². The van der Waals surface area contributed by atoms with Crippen molar-refractivity contribution >= 4 is 11.6 Å². The molecule has 3 atom stereocenters. The van der Waals surface area contributed by atoms with Crippen molar-refractivity contribution in [2.75, 3.05) is 5.43 Å². The first-order valence-corrected chi connectivity index (χ1v) is 6.97. The van der Waals surface area contributed by atoms with E-state index in [1.807, 2.05) is 0 Å². The summed E-state index contributed by atoms with van der Waals surface area (Å²) in [6.07, 6.45) is 3.48. The summed E-state index contributed by atoms with van der Waals surface area (Å²) in [4.78, 5) is 12.2. The van der Waals surface area contributed by atoms with Crippen LogP contribution in [0.15, 0.2) is 24.3 Å². The highest BCUT2D eigenvalue weighted by Crippen LogP contribution is 2.28. The van der Waals surface area contributed by atoms with Crippen LogP contribution in [0.25, 0.3) is 0 Å². The van der Waals surface area contributed by atoms with Gasteiger partial charge in [-0.25, -0.2) is 0 Å². The second kappa shape index (κ2) is 6.06. The van der Waals surface area contributed by atoms with Crippen LogP contribution in [0.4, 0.5) is 5.69 Å². The van der Waals surface area contributed by atoms with Gasteiger partial charge in [-0.1, -0.05) is 13.8 Å². The van der Waals surface area contributed by atoms with Crippen LogP contribution in [0.1, 0.15) is 43.5 Å². The van der Waals surface area contributed by atoms with E-state index in [4.69, 9.17) is 5.84 Å². The van der Waals surface area contributed by atoms with Crippen molar-refractivity contribution < 1.29 is 4.79 Å². The van der Waals surface area contributed by atoms with Crippen molar-refractivity contribution in [3.8, 4) is 0 Å². The summed E-state index contributed by atoms with van der Waals surface area (Å²) in [5.41, 5.74) is 4.04. The standard InChI is InChI=1S/C15H23N3O/c1-10-3-8-14(11(2)9-10)17-15(19)12-4-6-13(18-16)7-5-12/h4-7,10-11,14,18H,3,8-9,16H2,1-2H3,(H,17,19). The van der Waals surface area contributed by atoms with Crippen molar-refractivity contribution in [3.05, 3.63) is 29.8 Å². The third-order valence-corrected chi connectivity index (χ3v) is 4.06. The fourth-order valence-corrected chi connectivity index (χ4v) is 2.85. The van der Waals surface area contributed by atoms with E-state index in [2.05, 4.69) is 24.6 Å². The van der Waals surface area contributed by atoms with Gasteiger partial charge in [0.15, 0.2) is 0 Å². The number of anilines is 1. The molecule has 1 aromatic rings. The Bertz CT molecular complexity index is 430. The Balaban J connectivity index is 1.96. The Kier molecular flexibility index (Phi) is 4.43. The minimum atomic E-state index is 0.00924. The molecule has 104 valence electrons. The molecule has 1 aromatic carbocycles. The molecule has 2 rings (SSSR count). The van der Waals surface area contributed by atoms with Crippen molar-refractivity contribution in [1.29, 1.82) is 0 Å². The van der Waals surface area contributed by atoms with Gasteiger partial charge in [0, 0.05) is 17.3 Å². The molecule has 0 aromatic heterocycles. The smallest absolute Gasteiger partial charge is 0.251 e. The number of nitrogen functional groups attached to an aromatic ring is 1. The van der Waals surface area contributed by atoms with Crippen molar-refractivity contribution in [2.45, 2.75) is 39.2 Å².